The fourth-order valence-corrected chi connectivity index (χ4v) is 4.01. The van der Waals surface area contributed by atoms with Gasteiger partial charge in [0.2, 0.25) is 5.91 Å². The summed E-state index contributed by atoms with van der Waals surface area (Å²) in [7, 11) is 0. The molecule has 0 aromatic heterocycles. The summed E-state index contributed by atoms with van der Waals surface area (Å²) < 4.78 is 5.92. The molecule has 2 N–H and O–H groups in total. The largest absolute Gasteiger partial charge is 0.378 e. The Hall–Kier alpha value is -0.610. The number of hydrogen-bond donors (Lipinski definition) is 2. The summed E-state index contributed by atoms with van der Waals surface area (Å²) in [5, 5.41) is 6.63. The minimum absolute atomic E-state index is 0.135. The van der Waals surface area contributed by atoms with Crippen molar-refractivity contribution in [2.24, 2.45) is 5.41 Å². The van der Waals surface area contributed by atoms with Crippen molar-refractivity contribution in [3.05, 3.63) is 0 Å². The maximum atomic E-state index is 11.9. The van der Waals surface area contributed by atoms with E-state index in [0.717, 1.165) is 19.6 Å². The topological polar surface area (TPSA) is 50.4 Å². The number of carbonyl (C=O) groups is 1. The highest BCUT2D eigenvalue weighted by Gasteiger charge is 2.56. The first-order chi connectivity index (χ1) is 9.87. The van der Waals surface area contributed by atoms with E-state index in [9.17, 15) is 4.79 Å². The monoisotopic (exact) mass is 296 g/mol. The highest BCUT2D eigenvalue weighted by atomic mass is 16.5. The van der Waals surface area contributed by atoms with Gasteiger partial charge in [0.05, 0.1) is 6.10 Å². The second-order valence-electron chi connectivity index (χ2n) is 7.67. The van der Waals surface area contributed by atoms with E-state index in [2.05, 4.69) is 17.6 Å². The smallest absolute Gasteiger partial charge is 0.221 e. The van der Waals surface area contributed by atoms with E-state index >= 15 is 0 Å². The van der Waals surface area contributed by atoms with Gasteiger partial charge >= 0.3 is 0 Å². The van der Waals surface area contributed by atoms with Crippen LogP contribution in [0.25, 0.3) is 0 Å². The standard InChI is InChI=1S/C17H32N2O2/c1-5-21-14-12-13(17(14)9-6-7-10-17)18-11-8-15(20)19-16(2,3)4/h13-14,18H,5-12H2,1-4H3,(H,19,20). The Morgan fingerprint density at radius 2 is 1.95 bits per heavy atom. The normalized spacial score (nSPS) is 27.6. The van der Waals surface area contributed by atoms with Crippen LogP contribution >= 0.6 is 0 Å². The average Bonchev–Trinajstić information content (AvgIpc) is 2.86. The third-order valence-corrected chi connectivity index (χ3v) is 4.94. The van der Waals surface area contributed by atoms with Gasteiger partial charge in [0.25, 0.3) is 0 Å². The molecule has 0 heterocycles. The lowest BCUT2D eigenvalue weighted by Gasteiger charge is -2.54. The predicted octanol–water partition coefficient (Wildman–Crippen LogP) is 2.62. The Bertz CT molecular complexity index is 356. The van der Waals surface area contributed by atoms with Crippen molar-refractivity contribution < 1.29 is 9.53 Å². The van der Waals surface area contributed by atoms with Crippen molar-refractivity contribution in [2.75, 3.05) is 13.2 Å². The number of carbonyl (C=O) groups excluding carboxylic acids is 1. The summed E-state index contributed by atoms with van der Waals surface area (Å²) in [4.78, 5) is 11.9. The minimum Gasteiger partial charge on any atom is -0.378 e. The quantitative estimate of drug-likeness (QED) is 0.792. The number of rotatable bonds is 6. The Balaban J connectivity index is 1.75. The average molecular weight is 296 g/mol. The fourth-order valence-electron chi connectivity index (χ4n) is 4.01. The van der Waals surface area contributed by atoms with Crippen LogP contribution in [0.3, 0.4) is 0 Å². The van der Waals surface area contributed by atoms with Crippen LogP contribution < -0.4 is 10.6 Å². The Morgan fingerprint density at radius 1 is 1.29 bits per heavy atom. The summed E-state index contributed by atoms with van der Waals surface area (Å²) in [6.45, 7) is 9.72. The molecule has 0 radical (unpaired) electrons. The molecular weight excluding hydrogens is 264 g/mol. The van der Waals surface area contributed by atoms with Crippen molar-refractivity contribution >= 4 is 5.91 Å². The van der Waals surface area contributed by atoms with Gasteiger partial charge in [-0.2, -0.15) is 0 Å². The van der Waals surface area contributed by atoms with Crippen molar-refractivity contribution in [1.29, 1.82) is 0 Å². The molecule has 0 saturated heterocycles. The Labute approximate surface area is 129 Å². The second-order valence-corrected chi connectivity index (χ2v) is 7.67. The van der Waals surface area contributed by atoms with Gasteiger partial charge in [-0.25, -0.2) is 0 Å². The zero-order valence-electron chi connectivity index (χ0n) is 14.1. The molecule has 0 aromatic carbocycles. The van der Waals surface area contributed by atoms with Crippen LogP contribution in [-0.4, -0.2) is 36.7 Å². The van der Waals surface area contributed by atoms with Crippen LogP contribution in [0.5, 0.6) is 0 Å². The van der Waals surface area contributed by atoms with Gasteiger partial charge in [-0.3, -0.25) is 4.79 Å². The van der Waals surface area contributed by atoms with Gasteiger partial charge in [0.1, 0.15) is 0 Å². The molecule has 1 spiro atoms. The van der Waals surface area contributed by atoms with Crippen LogP contribution in [0.4, 0.5) is 0 Å². The maximum Gasteiger partial charge on any atom is 0.221 e. The van der Waals surface area contributed by atoms with Crippen LogP contribution in [0.2, 0.25) is 0 Å². The summed E-state index contributed by atoms with van der Waals surface area (Å²) in [6.07, 6.45) is 7.31. The number of amides is 1. The predicted molar refractivity (Wildman–Crippen MR) is 85.2 cm³/mol. The van der Waals surface area contributed by atoms with E-state index in [1.807, 2.05) is 20.8 Å². The highest BCUT2D eigenvalue weighted by molar-refractivity contribution is 5.76. The van der Waals surface area contributed by atoms with E-state index in [0.29, 0.717) is 24.0 Å². The van der Waals surface area contributed by atoms with Crippen LogP contribution in [-0.2, 0) is 9.53 Å². The van der Waals surface area contributed by atoms with Crippen LogP contribution in [0.1, 0.15) is 66.2 Å². The highest BCUT2D eigenvalue weighted by Crippen LogP contribution is 2.54. The molecule has 21 heavy (non-hydrogen) atoms. The minimum atomic E-state index is -0.139. The van der Waals surface area contributed by atoms with Crippen LogP contribution in [0.15, 0.2) is 0 Å². The third-order valence-electron chi connectivity index (χ3n) is 4.94. The van der Waals surface area contributed by atoms with E-state index in [1.165, 1.54) is 25.7 Å². The Kier molecular flexibility index (Phi) is 5.31. The molecule has 0 aliphatic heterocycles. The van der Waals surface area contributed by atoms with E-state index < -0.39 is 0 Å². The molecule has 4 heteroatoms. The van der Waals surface area contributed by atoms with E-state index in [4.69, 9.17) is 4.74 Å². The maximum absolute atomic E-state index is 11.9. The van der Waals surface area contributed by atoms with Gasteiger partial charge in [-0.1, -0.05) is 12.8 Å². The first kappa shape index (κ1) is 16.8. The first-order valence-electron chi connectivity index (χ1n) is 8.53. The van der Waals surface area contributed by atoms with Crippen molar-refractivity contribution in [2.45, 2.75) is 83.9 Å². The van der Waals surface area contributed by atoms with E-state index in [-0.39, 0.29) is 11.4 Å². The molecule has 122 valence electrons. The lowest BCUT2D eigenvalue weighted by atomic mass is 9.60. The number of hydrogen-bond acceptors (Lipinski definition) is 3. The molecule has 2 fully saturated rings. The van der Waals surface area contributed by atoms with Crippen molar-refractivity contribution in [1.82, 2.24) is 10.6 Å². The molecule has 2 rings (SSSR count). The molecule has 1 amide bonds. The van der Waals surface area contributed by atoms with Gasteiger partial charge in [-0.15, -0.1) is 0 Å². The molecule has 2 unspecified atom stereocenters. The molecule has 2 aliphatic rings. The van der Waals surface area contributed by atoms with Gasteiger partial charge in [-0.05, 0) is 47.0 Å². The lowest BCUT2D eigenvalue weighted by molar-refractivity contribution is -0.131. The molecule has 4 nitrogen and oxygen atoms in total. The molecule has 2 atom stereocenters. The first-order valence-corrected chi connectivity index (χ1v) is 8.53. The van der Waals surface area contributed by atoms with E-state index in [1.54, 1.807) is 0 Å². The van der Waals surface area contributed by atoms with Gasteiger partial charge < -0.3 is 15.4 Å². The molecule has 2 saturated carbocycles. The summed E-state index contributed by atoms with van der Waals surface area (Å²) in [6, 6.07) is 0.541. The number of nitrogens with one attached hydrogen (secondary N) is 2. The molecule has 0 aromatic rings. The summed E-state index contributed by atoms with van der Waals surface area (Å²) in [5.41, 5.74) is 0.219. The zero-order valence-corrected chi connectivity index (χ0v) is 14.1. The SMILES string of the molecule is CCOC1CC(NCCC(=O)NC(C)(C)C)C12CCCC2. The Morgan fingerprint density at radius 3 is 2.52 bits per heavy atom. The molecular formula is C17H32N2O2. The lowest BCUT2D eigenvalue weighted by Crippen LogP contribution is -2.63. The number of ether oxygens (including phenoxy) is 1. The molecule has 2 aliphatic carbocycles. The van der Waals surface area contributed by atoms with Gasteiger partial charge in [0, 0.05) is 36.6 Å². The second kappa shape index (κ2) is 6.66. The van der Waals surface area contributed by atoms with Gasteiger partial charge in [0.15, 0.2) is 0 Å². The molecule has 0 bridgehead atoms. The fraction of sp³-hybridized carbons (Fsp3) is 0.941. The van der Waals surface area contributed by atoms with Crippen molar-refractivity contribution in [3.8, 4) is 0 Å². The third kappa shape index (κ3) is 3.98. The summed E-state index contributed by atoms with van der Waals surface area (Å²) in [5.74, 6) is 0.135. The van der Waals surface area contributed by atoms with Crippen LogP contribution in [0, 0.1) is 5.41 Å². The summed E-state index contributed by atoms with van der Waals surface area (Å²) >= 11 is 0. The van der Waals surface area contributed by atoms with Crippen molar-refractivity contribution in [3.63, 3.8) is 0 Å². The zero-order chi connectivity index (χ0) is 15.5.